The molecule has 0 saturated carbocycles. The van der Waals surface area contributed by atoms with Crippen molar-refractivity contribution in [1.82, 2.24) is 15.5 Å². The number of nitrogens with zero attached hydrogens (tertiary/aromatic N) is 2. The second-order valence-electron chi connectivity index (χ2n) is 8.16. The first-order valence-corrected chi connectivity index (χ1v) is 11.6. The Hall–Kier alpha value is -0.420. The van der Waals surface area contributed by atoms with Crippen molar-refractivity contribution in [3.05, 3.63) is 22.4 Å². The first kappa shape index (κ1) is 24.8. The molecule has 1 aromatic heterocycles. The van der Waals surface area contributed by atoms with Gasteiger partial charge in [0.2, 0.25) is 0 Å². The van der Waals surface area contributed by atoms with Crippen molar-refractivity contribution in [2.75, 3.05) is 45.9 Å². The number of ether oxygens (including phenoxy) is 1. The van der Waals surface area contributed by atoms with Crippen molar-refractivity contribution in [3.8, 4) is 0 Å². The van der Waals surface area contributed by atoms with Crippen molar-refractivity contribution in [3.63, 3.8) is 0 Å². The van der Waals surface area contributed by atoms with E-state index in [1.807, 2.05) is 11.3 Å². The summed E-state index contributed by atoms with van der Waals surface area (Å²) in [4.78, 5) is 8.70. The number of thiophene rings is 1. The van der Waals surface area contributed by atoms with Crippen LogP contribution in [0.1, 0.15) is 50.4 Å². The van der Waals surface area contributed by atoms with Gasteiger partial charge in [-0.05, 0) is 50.2 Å². The number of piperidine rings is 1. The van der Waals surface area contributed by atoms with Crippen LogP contribution >= 0.6 is 35.3 Å². The van der Waals surface area contributed by atoms with Crippen LogP contribution in [0.5, 0.6) is 0 Å². The van der Waals surface area contributed by atoms with E-state index in [0.29, 0.717) is 38.6 Å². The molecule has 166 valence electrons. The van der Waals surface area contributed by atoms with Crippen molar-refractivity contribution >= 4 is 41.3 Å². The highest BCUT2D eigenvalue weighted by Gasteiger charge is 2.30. The van der Waals surface area contributed by atoms with Gasteiger partial charge in [0.1, 0.15) is 0 Å². The van der Waals surface area contributed by atoms with Crippen molar-refractivity contribution < 1.29 is 9.84 Å². The fourth-order valence-electron chi connectivity index (χ4n) is 3.90. The summed E-state index contributed by atoms with van der Waals surface area (Å²) in [7, 11) is 0. The maximum Gasteiger partial charge on any atom is 0.191 e. The van der Waals surface area contributed by atoms with E-state index in [-0.39, 0.29) is 24.0 Å². The van der Waals surface area contributed by atoms with Crippen LogP contribution in [0.3, 0.4) is 0 Å². The minimum atomic E-state index is -0.739. The largest absolute Gasteiger partial charge is 0.388 e. The van der Waals surface area contributed by atoms with Gasteiger partial charge < -0.3 is 20.5 Å². The Kier molecular flexibility index (Phi) is 10.7. The number of halogens is 1. The van der Waals surface area contributed by atoms with Gasteiger partial charge in [-0.3, -0.25) is 9.89 Å². The molecule has 0 aromatic carbocycles. The Labute approximate surface area is 196 Å². The van der Waals surface area contributed by atoms with Crippen LogP contribution < -0.4 is 10.6 Å². The molecule has 0 bridgehead atoms. The molecule has 3 rings (SSSR count). The smallest absolute Gasteiger partial charge is 0.191 e. The van der Waals surface area contributed by atoms with Crippen LogP contribution in [0.4, 0.5) is 0 Å². The fraction of sp³-hybridized carbons (Fsp3) is 0.762. The molecule has 2 aliphatic heterocycles. The van der Waals surface area contributed by atoms with Gasteiger partial charge in [-0.1, -0.05) is 13.0 Å². The zero-order chi connectivity index (χ0) is 19.8. The van der Waals surface area contributed by atoms with Crippen molar-refractivity contribution in [2.24, 2.45) is 10.9 Å². The third-order valence-corrected chi connectivity index (χ3v) is 6.87. The van der Waals surface area contributed by atoms with Crippen molar-refractivity contribution in [2.45, 2.75) is 51.2 Å². The number of rotatable bonds is 7. The molecule has 1 aromatic rings. The number of nitrogens with one attached hydrogen (secondary N) is 2. The first-order chi connectivity index (χ1) is 13.6. The van der Waals surface area contributed by atoms with E-state index in [4.69, 9.17) is 9.73 Å². The molecule has 0 aliphatic carbocycles. The van der Waals surface area contributed by atoms with E-state index in [1.54, 1.807) is 0 Å². The number of aliphatic hydroxyl groups is 1. The van der Waals surface area contributed by atoms with E-state index in [9.17, 15) is 5.11 Å². The normalized spacial score (nSPS) is 22.0. The van der Waals surface area contributed by atoms with Gasteiger partial charge in [0.15, 0.2) is 5.96 Å². The molecule has 0 radical (unpaired) electrons. The van der Waals surface area contributed by atoms with Gasteiger partial charge in [0, 0.05) is 44.0 Å². The van der Waals surface area contributed by atoms with Gasteiger partial charge >= 0.3 is 0 Å². The zero-order valence-electron chi connectivity index (χ0n) is 17.7. The highest BCUT2D eigenvalue weighted by atomic mass is 127. The van der Waals surface area contributed by atoms with Crippen LogP contribution in [0, 0.1) is 5.92 Å². The van der Waals surface area contributed by atoms with Crippen LogP contribution in [0.15, 0.2) is 22.5 Å². The lowest BCUT2D eigenvalue weighted by Gasteiger charge is -2.36. The van der Waals surface area contributed by atoms with Gasteiger partial charge in [0.05, 0.1) is 18.2 Å². The second-order valence-corrected chi connectivity index (χ2v) is 9.14. The SMILES string of the molecule is CCNC(=NCC1(O)CCOCC1)NCC(c1cccs1)N1CCC(C)CC1.I. The van der Waals surface area contributed by atoms with Crippen LogP contribution in [0.25, 0.3) is 0 Å². The van der Waals surface area contributed by atoms with E-state index in [1.165, 1.54) is 17.7 Å². The summed E-state index contributed by atoms with van der Waals surface area (Å²) in [5.74, 6) is 1.61. The van der Waals surface area contributed by atoms with Crippen molar-refractivity contribution in [1.29, 1.82) is 0 Å². The molecule has 29 heavy (non-hydrogen) atoms. The lowest BCUT2D eigenvalue weighted by Crippen LogP contribution is -2.46. The predicted octanol–water partition coefficient (Wildman–Crippen LogP) is 3.24. The molecule has 2 aliphatic rings. The maximum atomic E-state index is 10.7. The number of hydrogen-bond acceptors (Lipinski definition) is 5. The lowest BCUT2D eigenvalue weighted by molar-refractivity contribution is -0.0566. The van der Waals surface area contributed by atoms with Crippen LogP contribution in [-0.2, 0) is 4.74 Å². The number of hydrogen-bond donors (Lipinski definition) is 3. The Morgan fingerprint density at radius 2 is 2.07 bits per heavy atom. The number of guanidine groups is 1. The second kappa shape index (κ2) is 12.4. The Morgan fingerprint density at radius 1 is 1.34 bits per heavy atom. The monoisotopic (exact) mass is 536 g/mol. The van der Waals surface area contributed by atoms with Gasteiger partial charge in [-0.25, -0.2) is 0 Å². The van der Waals surface area contributed by atoms with Gasteiger partial charge in [0.25, 0.3) is 0 Å². The lowest BCUT2D eigenvalue weighted by atomic mass is 9.95. The van der Waals surface area contributed by atoms with Crippen LogP contribution in [-0.4, -0.2) is 67.5 Å². The maximum absolute atomic E-state index is 10.7. The predicted molar refractivity (Wildman–Crippen MR) is 131 cm³/mol. The summed E-state index contributed by atoms with van der Waals surface area (Å²) in [6, 6.07) is 4.74. The fourth-order valence-corrected chi connectivity index (χ4v) is 4.76. The molecule has 8 heteroatoms. The molecule has 2 saturated heterocycles. The average Bonchev–Trinajstić information content (AvgIpc) is 3.22. The summed E-state index contributed by atoms with van der Waals surface area (Å²) < 4.78 is 5.37. The molecular weight excluding hydrogens is 499 g/mol. The molecular formula is C21H37IN4O2S. The van der Waals surface area contributed by atoms with E-state index in [2.05, 4.69) is 46.9 Å². The number of likely N-dealkylation sites (tertiary alicyclic amines) is 1. The molecule has 2 fully saturated rings. The summed E-state index contributed by atoms with van der Waals surface area (Å²) in [5, 5.41) is 19.7. The quantitative estimate of drug-likeness (QED) is 0.284. The Bertz CT molecular complexity index is 600. The summed E-state index contributed by atoms with van der Waals surface area (Å²) in [6.45, 7) is 10.00. The molecule has 1 atom stereocenters. The molecule has 6 nitrogen and oxygen atoms in total. The minimum absolute atomic E-state index is 0. The standard InChI is InChI=1S/C21H36N4O2S.HI/c1-3-22-20(24-16-21(26)8-12-27-13-9-21)23-15-18(19-5-4-14-28-19)25-10-6-17(2)7-11-25;/h4-5,14,17-18,26H,3,6-13,15-16H2,1-2H3,(H2,22,23,24);1H. The zero-order valence-corrected chi connectivity index (χ0v) is 20.9. The molecule has 0 amide bonds. The van der Waals surface area contributed by atoms with Crippen LogP contribution in [0.2, 0.25) is 0 Å². The third-order valence-electron chi connectivity index (χ3n) is 5.89. The first-order valence-electron chi connectivity index (χ1n) is 10.7. The van der Waals surface area contributed by atoms with E-state index >= 15 is 0 Å². The minimum Gasteiger partial charge on any atom is -0.388 e. The topological polar surface area (TPSA) is 69.1 Å². The third kappa shape index (κ3) is 7.65. The molecule has 3 heterocycles. The summed E-state index contributed by atoms with van der Waals surface area (Å²) in [5.41, 5.74) is -0.739. The average molecular weight is 537 g/mol. The van der Waals surface area contributed by atoms with Gasteiger partial charge in [-0.15, -0.1) is 35.3 Å². The van der Waals surface area contributed by atoms with E-state index in [0.717, 1.165) is 38.1 Å². The Balaban J connectivity index is 0.00000300. The highest BCUT2D eigenvalue weighted by molar-refractivity contribution is 14.0. The molecule has 1 unspecified atom stereocenters. The highest BCUT2D eigenvalue weighted by Crippen LogP contribution is 2.29. The van der Waals surface area contributed by atoms with Gasteiger partial charge in [-0.2, -0.15) is 0 Å². The summed E-state index contributed by atoms with van der Waals surface area (Å²) >= 11 is 1.83. The molecule has 3 N–H and O–H groups in total. The summed E-state index contributed by atoms with van der Waals surface area (Å²) in [6.07, 6.45) is 3.84. The van der Waals surface area contributed by atoms with E-state index < -0.39 is 5.60 Å². The molecule has 0 spiro atoms. The number of aliphatic imine (C=N–C) groups is 1. The Morgan fingerprint density at radius 3 is 2.69 bits per heavy atom.